The minimum absolute atomic E-state index is 0.156. The number of unbranched alkanes of at least 4 members (excludes halogenated alkanes) is 1. The summed E-state index contributed by atoms with van der Waals surface area (Å²) in [5, 5.41) is 0. The van der Waals surface area contributed by atoms with Crippen LogP contribution in [0.5, 0.6) is 0 Å². The van der Waals surface area contributed by atoms with Gasteiger partial charge in [-0.25, -0.2) is 0 Å². The topological polar surface area (TPSA) is 32.8 Å². The Morgan fingerprint density at radius 3 is 2.47 bits per heavy atom. The number of ether oxygens (including phenoxy) is 1. The summed E-state index contributed by atoms with van der Waals surface area (Å²) in [4.78, 5) is 16.1. The zero-order chi connectivity index (χ0) is 12.8. The van der Waals surface area contributed by atoms with E-state index in [1.165, 1.54) is 6.42 Å². The van der Waals surface area contributed by atoms with Gasteiger partial charge < -0.3 is 9.64 Å². The second-order valence-electron chi connectivity index (χ2n) is 5.15. The lowest BCUT2D eigenvalue weighted by Crippen LogP contribution is -2.50. The zero-order valence-corrected chi connectivity index (χ0v) is 11.6. The molecule has 17 heavy (non-hydrogen) atoms. The van der Waals surface area contributed by atoms with Crippen LogP contribution in [0, 0.1) is 0 Å². The van der Waals surface area contributed by atoms with Gasteiger partial charge in [0.25, 0.3) is 0 Å². The summed E-state index contributed by atoms with van der Waals surface area (Å²) in [5.74, 6) is 0.227. The lowest BCUT2D eigenvalue weighted by Gasteiger charge is -2.36. The molecule has 0 aliphatic carbocycles. The number of likely N-dealkylation sites (N-methyl/N-ethyl adjacent to an activating group) is 1. The van der Waals surface area contributed by atoms with E-state index >= 15 is 0 Å². The van der Waals surface area contributed by atoms with Gasteiger partial charge in [-0.2, -0.15) is 0 Å². The molecular weight excluding hydrogens is 216 g/mol. The second-order valence-corrected chi connectivity index (χ2v) is 5.15. The van der Waals surface area contributed by atoms with Gasteiger partial charge in [-0.3, -0.25) is 9.69 Å². The van der Waals surface area contributed by atoms with E-state index in [0.29, 0.717) is 6.54 Å². The molecular formula is C13H26N2O2. The molecule has 0 radical (unpaired) electrons. The lowest BCUT2D eigenvalue weighted by atomic mass is 10.2. The Labute approximate surface area is 105 Å². The largest absolute Gasteiger partial charge is 0.372 e. The van der Waals surface area contributed by atoms with Crippen molar-refractivity contribution >= 4 is 5.91 Å². The quantitative estimate of drug-likeness (QED) is 0.729. The average molecular weight is 242 g/mol. The molecule has 0 aromatic heterocycles. The van der Waals surface area contributed by atoms with E-state index in [1.807, 2.05) is 25.8 Å². The molecule has 1 rings (SSSR count). The van der Waals surface area contributed by atoms with Crippen LogP contribution in [0.1, 0.15) is 33.6 Å². The molecule has 1 aliphatic heterocycles. The highest BCUT2D eigenvalue weighted by Gasteiger charge is 2.25. The molecule has 1 aliphatic rings. The van der Waals surface area contributed by atoms with Crippen molar-refractivity contribution in [2.45, 2.75) is 45.8 Å². The standard InChI is InChI=1S/C13H26N2O2/c1-5-6-7-14(4)10-13(16)15-8-11(2)17-12(3)9-15/h11-12H,5-10H2,1-4H3. The normalized spacial score (nSPS) is 25.4. The summed E-state index contributed by atoms with van der Waals surface area (Å²) in [6.45, 7) is 9.20. The molecule has 0 aromatic carbocycles. The first-order valence-electron chi connectivity index (χ1n) is 6.64. The van der Waals surface area contributed by atoms with Crippen molar-refractivity contribution in [1.82, 2.24) is 9.80 Å². The Hall–Kier alpha value is -0.610. The van der Waals surface area contributed by atoms with Crippen molar-refractivity contribution in [3.05, 3.63) is 0 Å². The van der Waals surface area contributed by atoms with E-state index in [2.05, 4.69) is 11.8 Å². The second kappa shape index (κ2) is 6.97. The maximum Gasteiger partial charge on any atom is 0.236 e. The first kappa shape index (κ1) is 14.5. The molecule has 0 aromatic rings. The molecule has 1 fully saturated rings. The number of hydrogen-bond acceptors (Lipinski definition) is 3. The van der Waals surface area contributed by atoms with E-state index in [-0.39, 0.29) is 18.1 Å². The molecule has 0 bridgehead atoms. The molecule has 1 amide bonds. The third-order valence-corrected chi connectivity index (χ3v) is 3.07. The minimum Gasteiger partial charge on any atom is -0.372 e. The van der Waals surface area contributed by atoms with Gasteiger partial charge in [0.2, 0.25) is 5.91 Å². The highest BCUT2D eigenvalue weighted by atomic mass is 16.5. The van der Waals surface area contributed by atoms with Crippen molar-refractivity contribution in [2.75, 3.05) is 33.2 Å². The lowest BCUT2D eigenvalue weighted by molar-refractivity contribution is -0.144. The van der Waals surface area contributed by atoms with E-state index in [1.54, 1.807) is 0 Å². The van der Waals surface area contributed by atoms with Crippen LogP contribution in [0.4, 0.5) is 0 Å². The van der Waals surface area contributed by atoms with Crippen LogP contribution in [-0.4, -0.2) is 61.1 Å². The summed E-state index contributed by atoms with van der Waals surface area (Å²) < 4.78 is 5.63. The van der Waals surface area contributed by atoms with Crippen LogP contribution in [0.3, 0.4) is 0 Å². The fourth-order valence-corrected chi connectivity index (χ4v) is 2.22. The van der Waals surface area contributed by atoms with Gasteiger partial charge in [-0.15, -0.1) is 0 Å². The van der Waals surface area contributed by atoms with Gasteiger partial charge in [0.15, 0.2) is 0 Å². The SMILES string of the molecule is CCCCN(C)CC(=O)N1CC(C)OC(C)C1. The van der Waals surface area contributed by atoms with Gasteiger partial charge in [0.05, 0.1) is 18.8 Å². The van der Waals surface area contributed by atoms with Gasteiger partial charge in [0.1, 0.15) is 0 Å². The monoisotopic (exact) mass is 242 g/mol. The van der Waals surface area contributed by atoms with Gasteiger partial charge >= 0.3 is 0 Å². The van der Waals surface area contributed by atoms with Crippen molar-refractivity contribution in [2.24, 2.45) is 0 Å². The Bertz CT molecular complexity index is 236. The number of nitrogens with zero attached hydrogens (tertiary/aromatic N) is 2. The van der Waals surface area contributed by atoms with Gasteiger partial charge in [-0.05, 0) is 33.9 Å². The minimum atomic E-state index is 0.156. The zero-order valence-electron chi connectivity index (χ0n) is 11.6. The molecule has 100 valence electrons. The van der Waals surface area contributed by atoms with Crippen LogP contribution in [-0.2, 0) is 9.53 Å². The molecule has 4 heteroatoms. The number of rotatable bonds is 5. The van der Waals surface area contributed by atoms with E-state index in [9.17, 15) is 4.79 Å². The van der Waals surface area contributed by atoms with Gasteiger partial charge in [0, 0.05) is 13.1 Å². The van der Waals surface area contributed by atoms with Crippen molar-refractivity contribution in [3.63, 3.8) is 0 Å². The third kappa shape index (κ3) is 5.04. The Morgan fingerprint density at radius 1 is 1.35 bits per heavy atom. The molecule has 1 heterocycles. The summed E-state index contributed by atoms with van der Waals surface area (Å²) in [5.41, 5.74) is 0. The molecule has 0 N–H and O–H groups in total. The molecule has 2 unspecified atom stereocenters. The van der Waals surface area contributed by atoms with E-state index in [0.717, 1.165) is 26.1 Å². The third-order valence-electron chi connectivity index (χ3n) is 3.07. The number of amides is 1. The predicted molar refractivity (Wildman–Crippen MR) is 69.0 cm³/mol. The summed E-state index contributed by atoms with van der Waals surface area (Å²) in [7, 11) is 2.01. The van der Waals surface area contributed by atoms with Crippen LogP contribution in [0.2, 0.25) is 0 Å². The van der Waals surface area contributed by atoms with Crippen LogP contribution in [0.15, 0.2) is 0 Å². The highest BCUT2D eigenvalue weighted by molar-refractivity contribution is 5.78. The number of hydrogen-bond donors (Lipinski definition) is 0. The number of carbonyl (C=O) groups is 1. The van der Waals surface area contributed by atoms with Crippen molar-refractivity contribution < 1.29 is 9.53 Å². The fourth-order valence-electron chi connectivity index (χ4n) is 2.22. The molecule has 0 spiro atoms. The van der Waals surface area contributed by atoms with Crippen LogP contribution in [0.25, 0.3) is 0 Å². The first-order valence-corrected chi connectivity index (χ1v) is 6.64. The predicted octanol–water partition coefficient (Wildman–Crippen LogP) is 1.35. The summed E-state index contributed by atoms with van der Waals surface area (Å²) in [6, 6.07) is 0. The maximum absolute atomic E-state index is 12.1. The average Bonchev–Trinajstić information content (AvgIpc) is 2.25. The van der Waals surface area contributed by atoms with Crippen LogP contribution >= 0.6 is 0 Å². The van der Waals surface area contributed by atoms with E-state index in [4.69, 9.17) is 4.74 Å². The first-order chi connectivity index (χ1) is 8.02. The molecule has 0 saturated carbocycles. The maximum atomic E-state index is 12.1. The Kier molecular flexibility index (Phi) is 5.92. The molecule has 1 saturated heterocycles. The molecule has 4 nitrogen and oxygen atoms in total. The van der Waals surface area contributed by atoms with Gasteiger partial charge in [-0.1, -0.05) is 13.3 Å². The summed E-state index contributed by atoms with van der Waals surface area (Å²) >= 11 is 0. The van der Waals surface area contributed by atoms with Crippen LogP contribution < -0.4 is 0 Å². The smallest absolute Gasteiger partial charge is 0.236 e. The van der Waals surface area contributed by atoms with E-state index < -0.39 is 0 Å². The van der Waals surface area contributed by atoms with Crippen molar-refractivity contribution in [1.29, 1.82) is 0 Å². The fraction of sp³-hybridized carbons (Fsp3) is 0.923. The highest BCUT2D eigenvalue weighted by Crippen LogP contribution is 2.11. The Balaban J connectivity index is 2.36. The number of carbonyl (C=O) groups excluding carboxylic acids is 1. The molecule has 2 atom stereocenters. The van der Waals surface area contributed by atoms with Crippen molar-refractivity contribution in [3.8, 4) is 0 Å². The Morgan fingerprint density at radius 2 is 1.94 bits per heavy atom. The number of morpholine rings is 1. The summed E-state index contributed by atoms with van der Waals surface area (Å²) in [6.07, 6.45) is 2.64.